The molecule has 0 saturated carbocycles. The van der Waals surface area contributed by atoms with E-state index < -0.39 is 11.4 Å². The number of nitrogens with one attached hydrogen (secondary N) is 1. The zero-order valence-electron chi connectivity index (χ0n) is 20.8. The summed E-state index contributed by atoms with van der Waals surface area (Å²) in [5, 5.41) is 14.0. The second kappa shape index (κ2) is 11.4. The van der Waals surface area contributed by atoms with E-state index in [0.29, 0.717) is 34.3 Å². The highest BCUT2D eigenvalue weighted by atomic mass is 32.2. The summed E-state index contributed by atoms with van der Waals surface area (Å²) in [5.41, 5.74) is 1.64. The number of aliphatic carboxylic acids is 1. The topological polar surface area (TPSA) is 124 Å². The quantitative estimate of drug-likeness (QED) is 0.541. The molecule has 0 heterocycles. The van der Waals surface area contributed by atoms with Crippen molar-refractivity contribution < 1.29 is 24.2 Å². The minimum absolute atomic E-state index is 0. The molecule has 0 atom stereocenters. The lowest BCUT2D eigenvalue weighted by Gasteiger charge is -2.21. The summed E-state index contributed by atoms with van der Waals surface area (Å²) in [5.74, 6) is 0.949. The number of methoxy groups -OCH3 is 1. The second-order valence-corrected chi connectivity index (χ2v) is 11.4. The molecular formula is C25H36N2O5S. The summed E-state index contributed by atoms with van der Waals surface area (Å²) in [6, 6.07) is 10.5. The number of anilines is 1. The Morgan fingerprint density at radius 3 is 2.15 bits per heavy atom. The van der Waals surface area contributed by atoms with Crippen molar-refractivity contribution in [3.8, 4) is 17.2 Å². The first-order valence-corrected chi connectivity index (χ1v) is 11.4. The van der Waals surface area contributed by atoms with E-state index in [0.717, 1.165) is 5.56 Å². The van der Waals surface area contributed by atoms with Gasteiger partial charge in [0, 0.05) is 39.6 Å². The maximum Gasteiger partial charge on any atom is 0.229 e. The number of carboxylic acids is 1. The van der Waals surface area contributed by atoms with Crippen LogP contribution in [-0.4, -0.2) is 23.7 Å². The average Bonchev–Trinajstić information content (AvgIpc) is 2.66. The van der Waals surface area contributed by atoms with Crippen LogP contribution < -0.4 is 26.0 Å². The molecule has 0 radical (unpaired) electrons. The number of rotatable bonds is 8. The summed E-state index contributed by atoms with van der Waals surface area (Å²) in [6.45, 7) is 12.0. The molecule has 0 aromatic heterocycles. The Hall–Kier alpha value is -2.71. The van der Waals surface area contributed by atoms with Gasteiger partial charge in [-0.25, -0.2) is 0 Å². The number of benzene rings is 2. The first-order valence-electron chi connectivity index (χ1n) is 10.4. The van der Waals surface area contributed by atoms with Crippen LogP contribution in [0.25, 0.3) is 0 Å². The van der Waals surface area contributed by atoms with Gasteiger partial charge in [0.25, 0.3) is 0 Å². The van der Waals surface area contributed by atoms with Crippen LogP contribution in [0, 0.1) is 5.41 Å². The number of ether oxygens (including phenoxy) is 2. The maximum absolute atomic E-state index is 12.4. The van der Waals surface area contributed by atoms with E-state index >= 15 is 0 Å². The van der Waals surface area contributed by atoms with Gasteiger partial charge >= 0.3 is 0 Å². The first kappa shape index (κ1) is 28.3. The van der Waals surface area contributed by atoms with Gasteiger partial charge in [0.1, 0.15) is 5.75 Å². The van der Waals surface area contributed by atoms with E-state index in [9.17, 15) is 14.7 Å². The molecule has 0 aliphatic rings. The summed E-state index contributed by atoms with van der Waals surface area (Å²) >= 11 is 1.76. The number of carbonyl (C=O) groups excluding carboxylic acids is 2. The third kappa shape index (κ3) is 8.98. The monoisotopic (exact) mass is 476 g/mol. The summed E-state index contributed by atoms with van der Waals surface area (Å²) in [6.07, 6.45) is -0.217. The molecule has 33 heavy (non-hydrogen) atoms. The van der Waals surface area contributed by atoms with Crippen LogP contribution in [-0.2, 0) is 21.8 Å². The maximum atomic E-state index is 12.4. The highest BCUT2D eigenvalue weighted by molar-refractivity contribution is 7.99. The number of quaternary nitrogens is 1. The number of carboxylic acid groups (broad SMARTS) is 1. The smallest absolute Gasteiger partial charge is 0.229 e. The van der Waals surface area contributed by atoms with E-state index in [-0.39, 0.29) is 23.2 Å². The summed E-state index contributed by atoms with van der Waals surface area (Å²) < 4.78 is 11.6. The molecule has 1 amide bonds. The molecule has 8 heteroatoms. The standard InChI is InChI=1S/C25H33NO5S.H3N/c1-24(2,3)23(29)26-18-9-11-19(17(14-18)15-32-25(4,5)6)31-21-12-16(13-22(27)28)8-10-20(21)30-7;/h8-12,14H,13,15H2,1-7H3,(H,26,29)(H,27,28);1H3. The van der Waals surface area contributed by atoms with Crippen LogP contribution in [0.3, 0.4) is 0 Å². The fraction of sp³-hybridized carbons (Fsp3) is 0.440. The van der Waals surface area contributed by atoms with E-state index in [1.807, 2.05) is 32.9 Å². The molecule has 0 fully saturated rings. The van der Waals surface area contributed by atoms with Crippen LogP contribution in [0.5, 0.6) is 17.2 Å². The molecule has 0 aliphatic heterocycles. The zero-order valence-corrected chi connectivity index (χ0v) is 21.6. The summed E-state index contributed by atoms with van der Waals surface area (Å²) in [7, 11) is 1.53. The van der Waals surface area contributed by atoms with Crippen molar-refractivity contribution >= 4 is 29.3 Å². The molecule has 0 aliphatic carbocycles. The highest BCUT2D eigenvalue weighted by Gasteiger charge is 2.22. The highest BCUT2D eigenvalue weighted by Crippen LogP contribution is 2.38. The second-order valence-electron chi connectivity index (χ2n) is 9.56. The minimum atomic E-state index is -1.16. The van der Waals surface area contributed by atoms with Gasteiger partial charge in [0.05, 0.1) is 7.11 Å². The molecule has 0 unspecified atom stereocenters. The number of carbonyl (C=O) groups is 2. The van der Waals surface area contributed by atoms with Crippen LogP contribution >= 0.6 is 11.8 Å². The van der Waals surface area contributed by atoms with Crippen molar-refractivity contribution in [1.29, 1.82) is 0 Å². The lowest BCUT2D eigenvalue weighted by Crippen LogP contribution is -2.27. The van der Waals surface area contributed by atoms with E-state index in [2.05, 4.69) is 26.1 Å². The van der Waals surface area contributed by atoms with Crippen molar-refractivity contribution in [2.45, 2.75) is 58.5 Å². The average molecular weight is 477 g/mol. The lowest BCUT2D eigenvalue weighted by atomic mass is 9.95. The largest absolute Gasteiger partial charge is 0.550 e. The van der Waals surface area contributed by atoms with Gasteiger partial charge in [0.2, 0.25) is 5.91 Å². The molecule has 0 saturated heterocycles. The van der Waals surface area contributed by atoms with E-state index in [1.165, 1.54) is 7.11 Å². The van der Waals surface area contributed by atoms with Gasteiger partial charge in [0.15, 0.2) is 11.5 Å². The Bertz CT molecular complexity index is 978. The molecular weight excluding hydrogens is 440 g/mol. The fourth-order valence-electron chi connectivity index (χ4n) is 2.68. The Morgan fingerprint density at radius 1 is 0.970 bits per heavy atom. The Kier molecular flexibility index (Phi) is 9.81. The first-order chi connectivity index (χ1) is 14.8. The van der Waals surface area contributed by atoms with Gasteiger partial charge < -0.3 is 30.8 Å². The third-order valence-corrected chi connectivity index (χ3v) is 5.78. The summed E-state index contributed by atoms with van der Waals surface area (Å²) in [4.78, 5) is 23.4. The molecule has 182 valence electrons. The van der Waals surface area contributed by atoms with Crippen molar-refractivity contribution in [3.05, 3.63) is 47.5 Å². The molecule has 0 bridgehead atoms. The number of amides is 1. The number of hydrogen-bond acceptors (Lipinski definition) is 6. The SMILES string of the molecule is COc1ccc(CC(=O)[O-])cc1Oc1ccc(NC(=O)C(C)(C)C)cc1CSC(C)(C)C.[NH4+]. The van der Waals surface area contributed by atoms with E-state index in [1.54, 1.807) is 36.0 Å². The molecule has 7 nitrogen and oxygen atoms in total. The molecule has 2 aromatic carbocycles. The van der Waals surface area contributed by atoms with E-state index in [4.69, 9.17) is 9.47 Å². The van der Waals surface area contributed by atoms with Gasteiger partial charge in [-0.05, 0) is 35.9 Å². The van der Waals surface area contributed by atoms with Gasteiger partial charge in [-0.15, -0.1) is 0 Å². The molecule has 5 N–H and O–H groups in total. The van der Waals surface area contributed by atoms with Gasteiger partial charge in [-0.3, -0.25) is 4.79 Å². The normalized spacial score (nSPS) is 11.4. The van der Waals surface area contributed by atoms with Crippen LogP contribution in [0.2, 0.25) is 0 Å². The van der Waals surface area contributed by atoms with Crippen LogP contribution in [0.1, 0.15) is 52.7 Å². The zero-order chi connectivity index (χ0) is 24.1. The van der Waals surface area contributed by atoms with Crippen LogP contribution in [0.15, 0.2) is 36.4 Å². The van der Waals surface area contributed by atoms with Gasteiger partial charge in [-0.2, -0.15) is 11.8 Å². The van der Waals surface area contributed by atoms with Crippen LogP contribution in [0.4, 0.5) is 5.69 Å². The number of thioether (sulfide) groups is 1. The van der Waals surface area contributed by atoms with Crippen molar-refractivity contribution in [2.24, 2.45) is 5.41 Å². The molecule has 2 rings (SSSR count). The lowest BCUT2D eigenvalue weighted by molar-refractivity contribution is -0.304. The number of hydrogen-bond donors (Lipinski definition) is 2. The Labute approximate surface area is 200 Å². The van der Waals surface area contributed by atoms with Crippen molar-refractivity contribution in [1.82, 2.24) is 6.15 Å². The minimum Gasteiger partial charge on any atom is -0.550 e. The molecule has 2 aromatic rings. The predicted molar refractivity (Wildman–Crippen MR) is 133 cm³/mol. The van der Waals surface area contributed by atoms with Crippen molar-refractivity contribution in [2.75, 3.05) is 12.4 Å². The Morgan fingerprint density at radius 2 is 1.61 bits per heavy atom. The Balaban J connectivity index is 0.00000544. The fourth-order valence-corrected chi connectivity index (χ4v) is 3.49. The van der Waals surface area contributed by atoms with Gasteiger partial charge in [-0.1, -0.05) is 47.6 Å². The molecule has 0 spiro atoms. The van der Waals surface area contributed by atoms with Crippen molar-refractivity contribution in [3.63, 3.8) is 0 Å². The predicted octanol–water partition coefficient (Wildman–Crippen LogP) is 5.17. The third-order valence-electron chi connectivity index (χ3n) is 4.46.